The van der Waals surface area contributed by atoms with E-state index in [2.05, 4.69) is 19.8 Å². The molecule has 7 heteroatoms. The fourth-order valence-corrected chi connectivity index (χ4v) is 4.23. The summed E-state index contributed by atoms with van der Waals surface area (Å²) in [5.41, 5.74) is 2.42. The molecule has 1 fully saturated rings. The minimum atomic E-state index is 0.195. The van der Waals surface area contributed by atoms with Crippen LogP contribution in [0, 0.1) is 0 Å². The number of carbonyl (C=O) groups is 1. The molecule has 0 N–H and O–H groups in total. The molecule has 0 unspecified atom stereocenters. The molecule has 1 saturated heterocycles. The van der Waals surface area contributed by atoms with Crippen LogP contribution in [-0.4, -0.2) is 53.4 Å². The number of thiophene rings is 1. The minimum Gasteiger partial charge on any atom is -0.450 e. The van der Waals surface area contributed by atoms with Crippen molar-refractivity contribution < 1.29 is 9.21 Å². The molecule has 0 spiro atoms. The summed E-state index contributed by atoms with van der Waals surface area (Å²) in [6.07, 6.45) is 1.60. The Hall–Kier alpha value is -2.77. The van der Waals surface area contributed by atoms with Gasteiger partial charge < -0.3 is 9.32 Å². The second-order valence-electron chi connectivity index (χ2n) is 6.64. The zero-order chi connectivity index (χ0) is 18.2. The molecular formula is C20H18N4O2S. The number of fused-ring (bicyclic) bond motifs is 3. The van der Waals surface area contributed by atoms with E-state index in [0.717, 1.165) is 58.9 Å². The van der Waals surface area contributed by atoms with Crippen LogP contribution in [0.25, 0.3) is 22.1 Å². The summed E-state index contributed by atoms with van der Waals surface area (Å²) in [7, 11) is 0. The van der Waals surface area contributed by atoms with Gasteiger partial charge >= 0.3 is 0 Å². The maximum Gasteiger partial charge on any atom is 0.196 e. The Morgan fingerprint density at radius 1 is 1.07 bits per heavy atom. The lowest BCUT2D eigenvalue weighted by atomic mass is 10.2. The maximum atomic E-state index is 12.3. The van der Waals surface area contributed by atoms with Crippen molar-refractivity contribution in [3.63, 3.8) is 0 Å². The lowest BCUT2D eigenvalue weighted by molar-refractivity contribution is 0.0930. The van der Waals surface area contributed by atoms with Crippen molar-refractivity contribution in [3.05, 3.63) is 53.0 Å². The largest absolute Gasteiger partial charge is 0.450 e. The summed E-state index contributed by atoms with van der Waals surface area (Å²) in [6, 6.07) is 11.7. The van der Waals surface area contributed by atoms with Crippen molar-refractivity contribution in [1.82, 2.24) is 14.9 Å². The maximum absolute atomic E-state index is 12.3. The molecule has 6 nitrogen and oxygen atoms in total. The number of nitrogens with zero attached hydrogens (tertiary/aromatic N) is 4. The van der Waals surface area contributed by atoms with Crippen LogP contribution in [0.5, 0.6) is 0 Å². The van der Waals surface area contributed by atoms with E-state index in [-0.39, 0.29) is 5.78 Å². The van der Waals surface area contributed by atoms with Gasteiger partial charge in [-0.25, -0.2) is 9.97 Å². The van der Waals surface area contributed by atoms with Crippen molar-refractivity contribution in [2.75, 3.05) is 37.6 Å². The van der Waals surface area contributed by atoms with E-state index in [0.29, 0.717) is 6.54 Å². The van der Waals surface area contributed by atoms with Crippen LogP contribution >= 0.6 is 11.3 Å². The normalized spacial score (nSPS) is 15.6. The van der Waals surface area contributed by atoms with Crippen LogP contribution in [0.2, 0.25) is 0 Å². The zero-order valence-corrected chi connectivity index (χ0v) is 15.5. The van der Waals surface area contributed by atoms with E-state index < -0.39 is 0 Å². The van der Waals surface area contributed by atoms with Crippen LogP contribution in [-0.2, 0) is 0 Å². The number of piperazine rings is 1. The fraction of sp³-hybridized carbons (Fsp3) is 0.250. The van der Waals surface area contributed by atoms with E-state index in [1.165, 1.54) is 11.3 Å². The van der Waals surface area contributed by atoms with Crippen LogP contribution in [0.1, 0.15) is 9.67 Å². The summed E-state index contributed by atoms with van der Waals surface area (Å²) >= 11 is 1.50. The second-order valence-corrected chi connectivity index (χ2v) is 7.58. The monoisotopic (exact) mass is 378 g/mol. The molecule has 0 radical (unpaired) electrons. The smallest absolute Gasteiger partial charge is 0.196 e. The van der Waals surface area contributed by atoms with Gasteiger partial charge in [0, 0.05) is 31.6 Å². The van der Waals surface area contributed by atoms with Crippen molar-refractivity contribution in [3.8, 4) is 0 Å². The third kappa shape index (κ3) is 2.98. The topological polar surface area (TPSA) is 62.5 Å². The highest BCUT2D eigenvalue weighted by Gasteiger charge is 2.24. The average molecular weight is 378 g/mol. The van der Waals surface area contributed by atoms with E-state index >= 15 is 0 Å². The van der Waals surface area contributed by atoms with Gasteiger partial charge in [-0.05, 0) is 23.6 Å². The van der Waals surface area contributed by atoms with Gasteiger partial charge in [0.15, 0.2) is 17.2 Å². The quantitative estimate of drug-likeness (QED) is 0.507. The number of hydrogen-bond acceptors (Lipinski definition) is 7. The lowest BCUT2D eigenvalue weighted by Gasteiger charge is -2.34. The molecule has 4 aromatic rings. The van der Waals surface area contributed by atoms with E-state index in [1.54, 1.807) is 6.33 Å². The molecule has 0 atom stereocenters. The van der Waals surface area contributed by atoms with Gasteiger partial charge in [0.2, 0.25) is 0 Å². The van der Waals surface area contributed by atoms with Gasteiger partial charge in [-0.15, -0.1) is 11.3 Å². The molecule has 1 aromatic carbocycles. The predicted octanol–water partition coefficient (Wildman–Crippen LogP) is 3.44. The van der Waals surface area contributed by atoms with Gasteiger partial charge in [-0.2, -0.15) is 0 Å². The highest BCUT2D eigenvalue weighted by molar-refractivity contribution is 7.12. The molecule has 1 aliphatic rings. The summed E-state index contributed by atoms with van der Waals surface area (Å²) in [6.45, 7) is 3.73. The van der Waals surface area contributed by atoms with Gasteiger partial charge in [0.05, 0.1) is 11.4 Å². The number of ketones is 1. The summed E-state index contributed by atoms with van der Waals surface area (Å²) in [5, 5.41) is 2.95. The second kappa shape index (κ2) is 6.75. The highest BCUT2D eigenvalue weighted by atomic mass is 32.1. The van der Waals surface area contributed by atoms with Crippen LogP contribution < -0.4 is 4.90 Å². The molecule has 3 aromatic heterocycles. The third-order valence-electron chi connectivity index (χ3n) is 4.97. The molecule has 1 aliphatic heterocycles. The number of anilines is 1. The number of para-hydroxylation sites is 1. The molecular weight excluding hydrogens is 360 g/mol. The minimum absolute atomic E-state index is 0.195. The molecule has 5 rings (SSSR count). The van der Waals surface area contributed by atoms with Crippen LogP contribution in [0.3, 0.4) is 0 Å². The summed E-state index contributed by atoms with van der Waals surface area (Å²) < 4.78 is 6.04. The van der Waals surface area contributed by atoms with Crippen LogP contribution in [0.4, 0.5) is 5.82 Å². The third-order valence-corrected chi connectivity index (χ3v) is 5.89. The molecule has 27 heavy (non-hydrogen) atoms. The Morgan fingerprint density at radius 2 is 1.93 bits per heavy atom. The number of Topliss-reactive ketones (excluding diaryl/α,β-unsaturated/α-hetero) is 1. The standard InChI is InChI=1S/C20H18N4O2S/c25-15(17-6-3-11-27-17)12-23-7-9-24(10-8-23)20-19-18(21-13-22-20)14-4-1-2-5-16(14)26-19/h1-6,11,13H,7-10,12H2. The van der Waals surface area contributed by atoms with E-state index in [9.17, 15) is 4.79 Å². The SMILES string of the molecule is O=C(CN1CCN(c2ncnc3c2oc2ccccc23)CC1)c1cccs1. The predicted molar refractivity (Wildman–Crippen MR) is 107 cm³/mol. The molecule has 4 heterocycles. The summed E-state index contributed by atoms with van der Waals surface area (Å²) in [4.78, 5) is 26.5. The van der Waals surface area contributed by atoms with Gasteiger partial charge in [0.25, 0.3) is 0 Å². The van der Waals surface area contributed by atoms with Gasteiger partial charge in [0.1, 0.15) is 17.4 Å². The lowest BCUT2D eigenvalue weighted by Crippen LogP contribution is -2.48. The number of carbonyl (C=O) groups excluding carboxylic acids is 1. The first-order chi connectivity index (χ1) is 13.3. The number of aromatic nitrogens is 2. The Labute approximate surface area is 160 Å². The molecule has 0 amide bonds. The molecule has 0 saturated carbocycles. The van der Waals surface area contributed by atoms with Crippen molar-refractivity contribution >= 4 is 45.0 Å². The van der Waals surface area contributed by atoms with Crippen LogP contribution in [0.15, 0.2) is 52.5 Å². The average Bonchev–Trinajstić information content (AvgIpc) is 3.36. The zero-order valence-electron chi connectivity index (χ0n) is 14.7. The number of benzene rings is 1. The Kier molecular flexibility index (Phi) is 4.10. The van der Waals surface area contributed by atoms with E-state index in [1.807, 2.05) is 41.8 Å². The van der Waals surface area contributed by atoms with Crippen molar-refractivity contribution in [2.45, 2.75) is 0 Å². The highest BCUT2D eigenvalue weighted by Crippen LogP contribution is 2.32. The number of hydrogen-bond donors (Lipinski definition) is 0. The molecule has 0 bridgehead atoms. The van der Waals surface area contributed by atoms with E-state index in [4.69, 9.17) is 4.42 Å². The Morgan fingerprint density at radius 3 is 2.74 bits per heavy atom. The van der Waals surface area contributed by atoms with Gasteiger partial charge in [-0.3, -0.25) is 9.69 Å². The molecule has 0 aliphatic carbocycles. The number of furan rings is 1. The van der Waals surface area contributed by atoms with Gasteiger partial charge in [-0.1, -0.05) is 18.2 Å². The summed E-state index contributed by atoms with van der Waals surface area (Å²) in [5.74, 6) is 1.03. The Bertz CT molecular complexity index is 1100. The Balaban J connectivity index is 1.34. The first kappa shape index (κ1) is 16.4. The first-order valence-corrected chi connectivity index (χ1v) is 9.84. The van der Waals surface area contributed by atoms with Crippen molar-refractivity contribution in [1.29, 1.82) is 0 Å². The fourth-order valence-electron chi connectivity index (χ4n) is 3.57. The molecule has 136 valence electrons. The first-order valence-electron chi connectivity index (χ1n) is 8.96. The number of rotatable bonds is 4. The van der Waals surface area contributed by atoms with Crippen molar-refractivity contribution in [2.24, 2.45) is 0 Å².